The maximum atomic E-state index is 5.87. The molecule has 94 valence electrons. The van der Waals surface area contributed by atoms with Crippen molar-refractivity contribution in [1.82, 2.24) is 15.1 Å². The number of hydrogen-bond donors (Lipinski definition) is 1. The van der Waals surface area contributed by atoms with Crippen molar-refractivity contribution in [1.29, 1.82) is 0 Å². The van der Waals surface area contributed by atoms with E-state index in [0.29, 0.717) is 5.69 Å². The van der Waals surface area contributed by atoms with E-state index in [-0.39, 0.29) is 5.88 Å². The van der Waals surface area contributed by atoms with Crippen LogP contribution in [-0.2, 0) is 0 Å². The summed E-state index contributed by atoms with van der Waals surface area (Å²) >= 11 is 3.40. The predicted molar refractivity (Wildman–Crippen MR) is 75.1 cm³/mol. The lowest BCUT2D eigenvalue weighted by atomic mass is 10.0. The van der Waals surface area contributed by atoms with Gasteiger partial charge in [0.2, 0.25) is 5.88 Å². The summed E-state index contributed by atoms with van der Waals surface area (Å²) in [7, 11) is 0. The monoisotopic (exact) mass is 316 g/mol. The zero-order valence-corrected chi connectivity index (χ0v) is 11.3. The second-order valence-electron chi connectivity index (χ2n) is 3.90. The van der Waals surface area contributed by atoms with Gasteiger partial charge in [-0.15, -0.1) is 0 Å². The molecule has 0 atom stereocenters. The smallest absolute Gasteiger partial charge is 0.230 e. The molecule has 0 aliphatic carbocycles. The summed E-state index contributed by atoms with van der Waals surface area (Å²) in [5.41, 5.74) is 8.95. The van der Waals surface area contributed by atoms with Gasteiger partial charge in [-0.3, -0.25) is 0 Å². The fraction of sp³-hybridized carbons (Fsp3) is 0. The molecule has 0 unspecified atom stereocenters. The first kappa shape index (κ1) is 11.9. The first-order valence-electron chi connectivity index (χ1n) is 5.52. The van der Waals surface area contributed by atoms with Crippen molar-refractivity contribution in [2.75, 3.05) is 5.73 Å². The Labute approximate surface area is 117 Å². The van der Waals surface area contributed by atoms with Gasteiger partial charge in [-0.1, -0.05) is 33.2 Å². The number of nitrogens with two attached hydrogens (primary N) is 1. The normalized spacial score (nSPS) is 10.6. The molecule has 0 aliphatic heterocycles. The third-order valence-corrected chi connectivity index (χ3v) is 3.21. The van der Waals surface area contributed by atoms with E-state index >= 15 is 0 Å². The first-order chi connectivity index (χ1) is 9.25. The zero-order valence-electron chi connectivity index (χ0n) is 9.75. The molecule has 1 aromatic carbocycles. The Morgan fingerprint density at radius 1 is 1.00 bits per heavy atom. The lowest BCUT2D eigenvalue weighted by Crippen LogP contribution is -1.88. The lowest BCUT2D eigenvalue weighted by molar-refractivity contribution is 0.439. The van der Waals surface area contributed by atoms with E-state index in [4.69, 9.17) is 10.3 Å². The fourth-order valence-corrected chi connectivity index (χ4v) is 2.08. The highest BCUT2D eigenvalue weighted by Gasteiger charge is 2.17. The van der Waals surface area contributed by atoms with Crippen molar-refractivity contribution in [3.63, 3.8) is 0 Å². The average molecular weight is 317 g/mol. The molecule has 2 aromatic heterocycles. The van der Waals surface area contributed by atoms with Crippen molar-refractivity contribution >= 4 is 21.8 Å². The van der Waals surface area contributed by atoms with Crippen LogP contribution in [0.3, 0.4) is 0 Å². The summed E-state index contributed by atoms with van der Waals surface area (Å²) in [5.74, 6) is 0.279. The number of anilines is 1. The number of rotatable bonds is 2. The Bertz CT molecular complexity index is 694. The Morgan fingerprint density at radius 2 is 1.68 bits per heavy atom. The van der Waals surface area contributed by atoms with Crippen molar-refractivity contribution in [2.24, 2.45) is 0 Å². The third kappa shape index (κ3) is 2.22. The summed E-state index contributed by atoms with van der Waals surface area (Å²) in [6.45, 7) is 0. The van der Waals surface area contributed by atoms with Crippen LogP contribution < -0.4 is 5.73 Å². The van der Waals surface area contributed by atoms with Gasteiger partial charge in [0.15, 0.2) is 0 Å². The van der Waals surface area contributed by atoms with Crippen LogP contribution in [0.2, 0.25) is 0 Å². The van der Waals surface area contributed by atoms with Gasteiger partial charge in [0.1, 0.15) is 12.0 Å². The van der Waals surface area contributed by atoms with Crippen molar-refractivity contribution in [3.8, 4) is 22.4 Å². The van der Waals surface area contributed by atoms with Crippen LogP contribution in [0.15, 0.2) is 52.0 Å². The number of nitrogens with zero attached hydrogens (tertiary/aromatic N) is 3. The van der Waals surface area contributed by atoms with Crippen LogP contribution in [0, 0.1) is 0 Å². The summed E-state index contributed by atoms with van der Waals surface area (Å²) in [5, 5.41) is 3.99. The van der Waals surface area contributed by atoms with Crippen molar-refractivity contribution in [3.05, 3.63) is 47.5 Å². The highest BCUT2D eigenvalue weighted by Crippen LogP contribution is 2.35. The molecular weight excluding hydrogens is 308 g/mol. The zero-order chi connectivity index (χ0) is 13.2. The Morgan fingerprint density at radius 3 is 2.37 bits per heavy atom. The molecule has 0 spiro atoms. The molecule has 19 heavy (non-hydrogen) atoms. The maximum absolute atomic E-state index is 5.87. The van der Waals surface area contributed by atoms with Gasteiger partial charge in [0.25, 0.3) is 0 Å². The molecule has 5 nitrogen and oxygen atoms in total. The fourth-order valence-electron chi connectivity index (χ4n) is 1.82. The summed E-state index contributed by atoms with van der Waals surface area (Å²) in [6.07, 6.45) is 4.81. The van der Waals surface area contributed by atoms with E-state index in [0.717, 1.165) is 21.2 Å². The first-order valence-corrected chi connectivity index (χ1v) is 6.31. The number of hydrogen-bond acceptors (Lipinski definition) is 5. The largest absolute Gasteiger partial charge is 0.367 e. The van der Waals surface area contributed by atoms with Crippen LogP contribution in [0.1, 0.15) is 0 Å². The van der Waals surface area contributed by atoms with Crippen LogP contribution in [0.4, 0.5) is 5.88 Å². The minimum absolute atomic E-state index is 0.279. The predicted octanol–water partition coefficient (Wildman–Crippen LogP) is 3.14. The van der Waals surface area contributed by atoms with Crippen LogP contribution in [0.25, 0.3) is 22.4 Å². The molecule has 0 saturated carbocycles. The number of benzene rings is 1. The van der Waals surface area contributed by atoms with Crippen molar-refractivity contribution < 1.29 is 4.52 Å². The molecule has 6 heteroatoms. The van der Waals surface area contributed by atoms with E-state index < -0.39 is 0 Å². The summed E-state index contributed by atoms with van der Waals surface area (Å²) in [6, 6.07) is 7.76. The van der Waals surface area contributed by atoms with Gasteiger partial charge in [0.05, 0.1) is 5.56 Å². The summed E-state index contributed by atoms with van der Waals surface area (Å²) < 4.78 is 6.09. The molecule has 2 N–H and O–H groups in total. The summed E-state index contributed by atoms with van der Waals surface area (Å²) in [4.78, 5) is 7.96. The van der Waals surface area contributed by atoms with Crippen LogP contribution in [-0.4, -0.2) is 15.1 Å². The number of nitrogen functional groups attached to an aromatic ring is 1. The van der Waals surface area contributed by atoms with E-state index in [9.17, 15) is 0 Å². The molecule has 0 amide bonds. The Kier molecular flexibility index (Phi) is 3.00. The molecule has 0 saturated heterocycles. The van der Waals surface area contributed by atoms with E-state index in [2.05, 4.69) is 31.1 Å². The highest BCUT2D eigenvalue weighted by molar-refractivity contribution is 9.10. The number of aromatic nitrogens is 3. The van der Waals surface area contributed by atoms with Gasteiger partial charge in [0, 0.05) is 22.4 Å². The van der Waals surface area contributed by atoms with E-state index in [1.54, 1.807) is 12.4 Å². The minimum atomic E-state index is 0.279. The quantitative estimate of drug-likeness (QED) is 0.785. The highest BCUT2D eigenvalue weighted by atomic mass is 79.9. The average Bonchev–Trinajstić information content (AvgIpc) is 2.83. The van der Waals surface area contributed by atoms with Gasteiger partial charge in [-0.25, -0.2) is 9.97 Å². The molecule has 0 radical (unpaired) electrons. The van der Waals surface area contributed by atoms with Gasteiger partial charge in [-0.05, 0) is 17.7 Å². The molecular formula is C13H9BrN4O. The van der Waals surface area contributed by atoms with Gasteiger partial charge >= 0.3 is 0 Å². The maximum Gasteiger partial charge on any atom is 0.230 e. The Hall–Kier alpha value is -2.21. The topological polar surface area (TPSA) is 77.8 Å². The molecule has 0 fully saturated rings. The SMILES string of the molecule is Nc1onc(-c2cncnc2)c1-c1ccc(Br)cc1. The van der Waals surface area contributed by atoms with Crippen molar-refractivity contribution in [2.45, 2.75) is 0 Å². The third-order valence-electron chi connectivity index (χ3n) is 2.69. The number of halogens is 1. The van der Waals surface area contributed by atoms with E-state index in [1.807, 2.05) is 24.3 Å². The molecule has 0 aliphatic rings. The second-order valence-corrected chi connectivity index (χ2v) is 4.82. The van der Waals surface area contributed by atoms with E-state index in [1.165, 1.54) is 6.33 Å². The molecule has 0 bridgehead atoms. The van der Waals surface area contributed by atoms with Gasteiger partial charge in [-0.2, -0.15) is 0 Å². The molecule has 3 rings (SSSR count). The lowest BCUT2D eigenvalue weighted by Gasteiger charge is -2.02. The van der Waals surface area contributed by atoms with Crippen LogP contribution in [0.5, 0.6) is 0 Å². The molecule has 3 aromatic rings. The molecule has 2 heterocycles. The Balaban J connectivity index is 2.17. The second kappa shape index (κ2) is 4.81. The van der Waals surface area contributed by atoms with Gasteiger partial charge < -0.3 is 10.3 Å². The van der Waals surface area contributed by atoms with Crippen LogP contribution >= 0.6 is 15.9 Å². The standard InChI is InChI=1S/C13H9BrN4O/c14-10-3-1-8(2-4-10)11-12(18-19-13(11)15)9-5-16-7-17-6-9/h1-7H,15H2. The minimum Gasteiger partial charge on any atom is -0.367 e.